The molecule has 2 unspecified atom stereocenters. The minimum Gasteiger partial charge on any atom is -0.479 e. The highest BCUT2D eigenvalue weighted by atomic mass is 31.2. The molecule has 0 spiro atoms. The van der Waals surface area contributed by atoms with Gasteiger partial charge in [0, 0.05) is 5.39 Å². The van der Waals surface area contributed by atoms with Gasteiger partial charge in [0.2, 0.25) is 11.8 Å². The summed E-state index contributed by atoms with van der Waals surface area (Å²) in [6.07, 6.45) is -2.66. The Hall–Kier alpha value is -4.63. The third-order valence-corrected chi connectivity index (χ3v) is 9.54. The van der Waals surface area contributed by atoms with Gasteiger partial charge in [-0.25, -0.2) is 9.55 Å². The molecule has 252 valence electrons. The van der Waals surface area contributed by atoms with E-state index in [-0.39, 0.29) is 35.3 Å². The Kier molecular flexibility index (Phi) is 9.34. The molecule has 1 aliphatic rings. The zero-order chi connectivity index (χ0) is 34.1. The Morgan fingerprint density at radius 2 is 1.85 bits per heavy atom. The lowest BCUT2D eigenvalue weighted by atomic mass is 9.96. The van der Waals surface area contributed by atoms with Crippen molar-refractivity contribution in [1.29, 1.82) is 0 Å². The molecule has 2 aromatic heterocycles. The zero-order valence-corrected chi connectivity index (χ0v) is 27.2. The lowest BCUT2D eigenvalue weighted by Gasteiger charge is -2.27. The second-order valence-electron chi connectivity index (χ2n) is 11.4. The molecular formula is C32H35N6O9P. The van der Waals surface area contributed by atoms with Crippen molar-refractivity contribution in [2.24, 2.45) is 0 Å². The second-order valence-corrected chi connectivity index (χ2v) is 13.1. The zero-order valence-electron chi connectivity index (χ0n) is 26.3. The molecule has 0 aliphatic carbocycles. The fourth-order valence-corrected chi connectivity index (χ4v) is 6.93. The summed E-state index contributed by atoms with van der Waals surface area (Å²) >= 11 is 0. The van der Waals surface area contributed by atoms with Gasteiger partial charge in [0.15, 0.2) is 17.4 Å². The maximum atomic E-state index is 14.4. The number of aromatic nitrogens is 4. The van der Waals surface area contributed by atoms with Gasteiger partial charge in [0.25, 0.3) is 0 Å². The molecule has 6 rings (SSSR count). The van der Waals surface area contributed by atoms with Gasteiger partial charge in [0.1, 0.15) is 36.2 Å². The van der Waals surface area contributed by atoms with Crippen LogP contribution in [-0.2, 0) is 30.0 Å². The van der Waals surface area contributed by atoms with Crippen molar-refractivity contribution in [2.75, 3.05) is 19.5 Å². The number of aliphatic hydroxyl groups is 2. The number of nitrogens with two attached hydrogens (primary N) is 1. The number of carbonyl (C=O) groups is 1. The average Bonchev–Trinajstić information content (AvgIpc) is 3.59. The predicted octanol–water partition coefficient (Wildman–Crippen LogP) is 3.50. The number of nitrogens with one attached hydrogen (secondary N) is 1. The number of nitrogen functional groups attached to an aromatic ring is 1. The van der Waals surface area contributed by atoms with E-state index in [9.17, 15) is 19.6 Å². The van der Waals surface area contributed by atoms with Crippen LogP contribution in [0.4, 0.5) is 5.95 Å². The smallest absolute Gasteiger partial charge is 0.459 e. The minimum atomic E-state index is -4.40. The molecule has 15 nitrogen and oxygen atoms in total. The van der Waals surface area contributed by atoms with Crippen LogP contribution in [0.15, 0.2) is 79.1 Å². The monoisotopic (exact) mass is 678 g/mol. The Morgan fingerprint density at radius 3 is 2.62 bits per heavy atom. The number of anilines is 1. The highest BCUT2D eigenvalue weighted by molar-refractivity contribution is 7.52. The number of imidazole rings is 1. The summed E-state index contributed by atoms with van der Waals surface area (Å²) in [5, 5.41) is 26.7. The summed E-state index contributed by atoms with van der Waals surface area (Å²) in [5.74, 6) is -0.466. The van der Waals surface area contributed by atoms with Gasteiger partial charge in [-0.15, -0.1) is 0 Å². The number of carbonyl (C=O) groups excluding carboxylic acids is 1. The van der Waals surface area contributed by atoms with E-state index in [1.54, 1.807) is 24.3 Å². The average molecular weight is 679 g/mol. The number of fused-ring (bicyclic) bond motifs is 2. The van der Waals surface area contributed by atoms with Crippen molar-refractivity contribution in [1.82, 2.24) is 24.6 Å². The van der Waals surface area contributed by atoms with Crippen LogP contribution in [0.2, 0.25) is 0 Å². The van der Waals surface area contributed by atoms with E-state index in [4.69, 9.17) is 29.0 Å². The SMILES string of the molecule is COc1nc(N)nc2c1ncn2C1O[C@H](COP(=O)(N[C@@H](C)C(=O)OCc2ccccc2)Oc2cccc3ccccc23)[C@@H](O)[C@@]1(C)O. The highest BCUT2D eigenvalue weighted by Crippen LogP contribution is 2.48. The van der Waals surface area contributed by atoms with Gasteiger partial charge in [0.05, 0.1) is 20.0 Å². The molecule has 0 bridgehead atoms. The Labute approximate surface area is 275 Å². The number of esters is 1. The van der Waals surface area contributed by atoms with Gasteiger partial charge < -0.3 is 34.7 Å². The van der Waals surface area contributed by atoms with E-state index in [1.807, 2.05) is 48.5 Å². The molecule has 48 heavy (non-hydrogen) atoms. The topological polar surface area (TPSA) is 202 Å². The summed E-state index contributed by atoms with van der Waals surface area (Å²) in [4.78, 5) is 25.4. The molecular weight excluding hydrogens is 643 g/mol. The van der Waals surface area contributed by atoms with Crippen LogP contribution in [0.3, 0.4) is 0 Å². The number of rotatable bonds is 12. The minimum absolute atomic E-state index is 0.00495. The predicted molar refractivity (Wildman–Crippen MR) is 174 cm³/mol. The first-order valence-electron chi connectivity index (χ1n) is 15.0. The van der Waals surface area contributed by atoms with Crippen LogP contribution in [0.5, 0.6) is 11.6 Å². The largest absolute Gasteiger partial charge is 0.479 e. The van der Waals surface area contributed by atoms with E-state index in [1.165, 1.54) is 31.9 Å². The van der Waals surface area contributed by atoms with Crippen molar-refractivity contribution in [3.63, 3.8) is 0 Å². The molecule has 3 aromatic carbocycles. The molecule has 1 fully saturated rings. The molecule has 1 aliphatic heterocycles. The third kappa shape index (κ3) is 6.69. The standard InChI is InChI=1S/C32H35N6O9P/c1-19(29(40)44-16-20-10-5-4-6-11-20)37-48(42,47-23-15-9-13-21-12-7-8-14-22(21)23)45-17-24-26(39)32(2,41)30(46-24)38-18-34-25-27(38)35-31(33)36-28(25)43-3/h4-15,18-19,24,26,30,39,41H,16-17H2,1-3H3,(H,37,42)(H2,33,35,36)/t19-,24+,26+,30?,32+,48?/m0/s1. The first kappa shape index (κ1) is 33.3. The molecule has 0 radical (unpaired) electrons. The van der Waals surface area contributed by atoms with Crippen LogP contribution >= 0.6 is 7.75 Å². The van der Waals surface area contributed by atoms with E-state index in [2.05, 4.69) is 20.0 Å². The van der Waals surface area contributed by atoms with Gasteiger partial charge in [-0.2, -0.15) is 15.1 Å². The Morgan fingerprint density at radius 1 is 1.12 bits per heavy atom. The second kappa shape index (κ2) is 13.5. The van der Waals surface area contributed by atoms with Crippen LogP contribution in [0.25, 0.3) is 21.9 Å². The number of hydrogen-bond acceptors (Lipinski definition) is 13. The summed E-state index contributed by atoms with van der Waals surface area (Å²) < 4.78 is 44.4. The lowest BCUT2D eigenvalue weighted by Crippen LogP contribution is -2.44. The summed E-state index contributed by atoms with van der Waals surface area (Å²) in [7, 11) is -3.01. The van der Waals surface area contributed by atoms with E-state index in [0.29, 0.717) is 5.39 Å². The molecule has 1 saturated heterocycles. The van der Waals surface area contributed by atoms with Crippen LogP contribution in [0, 0.1) is 0 Å². The fourth-order valence-electron chi connectivity index (χ4n) is 5.41. The van der Waals surface area contributed by atoms with E-state index < -0.39 is 50.4 Å². The lowest BCUT2D eigenvalue weighted by molar-refractivity contribution is -0.146. The van der Waals surface area contributed by atoms with Crippen molar-refractivity contribution >= 4 is 41.6 Å². The number of benzene rings is 3. The third-order valence-electron chi connectivity index (χ3n) is 7.91. The maximum absolute atomic E-state index is 14.4. The molecule has 16 heteroatoms. The molecule has 5 N–H and O–H groups in total. The van der Waals surface area contributed by atoms with E-state index >= 15 is 0 Å². The molecule has 5 aromatic rings. The first-order chi connectivity index (χ1) is 23.0. The number of nitrogens with zero attached hydrogens (tertiary/aromatic N) is 4. The van der Waals surface area contributed by atoms with Gasteiger partial charge in [-0.1, -0.05) is 66.7 Å². The van der Waals surface area contributed by atoms with Gasteiger partial charge in [-0.05, 0) is 30.9 Å². The molecule has 0 saturated carbocycles. The molecule has 3 heterocycles. The maximum Gasteiger partial charge on any atom is 0.459 e. The Balaban J connectivity index is 1.24. The summed E-state index contributed by atoms with van der Waals surface area (Å²) in [5.41, 5.74) is 5.16. The van der Waals surface area contributed by atoms with Crippen molar-refractivity contribution < 1.29 is 42.8 Å². The summed E-state index contributed by atoms with van der Waals surface area (Å²) in [6.45, 7) is 2.31. The summed E-state index contributed by atoms with van der Waals surface area (Å²) in [6, 6.07) is 20.5. The van der Waals surface area contributed by atoms with Crippen molar-refractivity contribution in [2.45, 2.75) is 50.5 Å². The van der Waals surface area contributed by atoms with Crippen molar-refractivity contribution in [3.05, 3.63) is 84.7 Å². The number of ether oxygens (including phenoxy) is 3. The van der Waals surface area contributed by atoms with E-state index in [0.717, 1.165) is 10.9 Å². The van der Waals surface area contributed by atoms with Gasteiger partial charge >= 0.3 is 13.7 Å². The molecule has 6 atom stereocenters. The number of aliphatic hydroxyl groups excluding tert-OH is 1. The fraction of sp³-hybridized carbons (Fsp3) is 0.312. The normalized spacial score (nSPS) is 22.7. The van der Waals surface area contributed by atoms with Gasteiger partial charge in [-0.3, -0.25) is 13.9 Å². The number of methoxy groups -OCH3 is 1. The highest BCUT2D eigenvalue weighted by Gasteiger charge is 2.54. The molecule has 0 amide bonds. The Bertz CT molecular complexity index is 1970. The van der Waals surface area contributed by atoms with Crippen molar-refractivity contribution in [3.8, 4) is 11.6 Å². The van der Waals surface area contributed by atoms with Crippen LogP contribution in [-0.4, -0.2) is 73.3 Å². The number of hydrogen-bond donors (Lipinski definition) is 4. The quantitative estimate of drug-likeness (QED) is 0.110. The first-order valence-corrected chi connectivity index (χ1v) is 16.5. The van der Waals surface area contributed by atoms with Crippen LogP contribution in [0.1, 0.15) is 25.6 Å². The van der Waals surface area contributed by atoms with Crippen LogP contribution < -0.4 is 20.1 Å².